The normalized spacial score (nSPS) is 19.6. The Balaban J connectivity index is 0.000000503. The third-order valence-corrected chi connectivity index (χ3v) is 13.6. The maximum Gasteiger partial charge on any atom is 0.411 e. The number of anilines is 1. The van der Waals surface area contributed by atoms with Crippen LogP contribution in [0.1, 0.15) is 113 Å². The molecule has 24 heteroatoms. The number of hydrogen-bond donors (Lipinski definition) is 3. The summed E-state index contributed by atoms with van der Waals surface area (Å²) in [7, 11) is 8.15. The van der Waals surface area contributed by atoms with Crippen molar-refractivity contribution in [1.29, 1.82) is 0 Å². The van der Waals surface area contributed by atoms with Gasteiger partial charge in [0.2, 0.25) is 0 Å². The highest BCUT2D eigenvalue weighted by molar-refractivity contribution is 9.11. The maximum absolute atomic E-state index is 13.8. The number of aromatic nitrogens is 3. The number of ether oxygens (including phenoxy) is 2. The predicted molar refractivity (Wildman–Crippen MR) is 320 cm³/mol. The lowest BCUT2D eigenvalue weighted by Gasteiger charge is -2.27. The number of likely N-dealkylation sites (tertiary alicyclic amines) is 2. The van der Waals surface area contributed by atoms with Gasteiger partial charge in [-0.3, -0.25) is 19.4 Å². The second kappa shape index (κ2) is 35.5. The van der Waals surface area contributed by atoms with Gasteiger partial charge >= 0.3 is 18.2 Å². The van der Waals surface area contributed by atoms with E-state index < -0.39 is 60.0 Å². The zero-order valence-corrected chi connectivity index (χ0v) is 54.4. The van der Waals surface area contributed by atoms with E-state index in [4.69, 9.17) is 31.9 Å². The van der Waals surface area contributed by atoms with Crippen molar-refractivity contribution in [2.24, 2.45) is 5.92 Å². The van der Waals surface area contributed by atoms with E-state index in [1.165, 1.54) is 11.3 Å². The minimum Gasteiger partial charge on any atom is -0.480 e. The summed E-state index contributed by atoms with van der Waals surface area (Å²) in [5.74, 6) is -0.109. The summed E-state index contributed by atoms with van der Waals surface area (Å²) >= 11 is 15.4. The Morgan fingerprint density at radius 2 is 1.15 bits per heavy atom. The van der Waals surface area contributed by atoms with Crippen LogP contribution < -0.4 is 11.1 Å². The number of carboxylic acid groups (broad SMARTS) is 1. The smallest absolute Gasteiger partial charge is 0.411 e. The van der Waals surface area contributed by atoms with E-state index in [2.05, 4.69) is 108 Å². The Hall–Kier alpha value is -4.42. The van der Waals surface area contributed by atoms with Gasteiger partial charge in [0.1, 0.15) is 60.5 Å². The number of nitrogens with two attached hydrogens (primary N) is 1. The van der Waals surface area contributed by atoms with Gasteiger partial charge < -0.3 is 35.4 Å². The first kappa shape index (κ1) is 73.6. The minimum absolute atomic E-state index is 0.00532. The minimum atomic E-state index is -1.30. The van der Waals surface area contributed by atoms with Crippen LogP contribution >= 0.6 is 59.4 Å². The molecule has 3 aliphatic heterocycles. The molecule has 1 unspecified atom stereocenters. The second-order valence-corrected chi connectivity index (χ2v) is 24.8. The van der Waals surface area contributed by atoms with Gasteiger partial charge in [-0.2, -0.15) is 0 Å². The molecule has 4 N–H and O–H groups in total. The number of nitrogens with one attached hydrogen (secondary N) is 1. The summed E-state index contributed by atoms with van der Waals surface area (Å²) < 4.78 is 52.1. The number of carboxylic acids is 1. The Morgan fingerprint density at radius 3 is 1.45 bits per heavy atom. The molecular weight excluding hydrogens is 1260 g/mol. The molecule has 17 nitrogen and oxygen atoms in total. The van der Waals surface area contributed by atoms with Gasteiger partial charge in [-0.25, -0.2) is 42.5 Å². The highest BCUT2D eigenvalue weighted by atomic mass is 79.9. The lowest BCUT2D eigenvalue weighted by Crippen LogP contribution is -2.44. The molecule has 0 bridgehead atoms. The number of rotatable bonds is 11. The predicted octanol–water partition coefficient (Wildman–Crippen LogP) is 11.8. The molecule has 7 atom stereocenters. The summed E-state index contributed by atoms with van der Waals surface area (Å²) in [5.41, 5.74) is 6.35. The van der Waals surface area contributed by atoms with Crippen LogP contribution in [0.3, 0.4) is 0 Å². The van der Waals surface area contributed by atoms with Gasteiger partial charge in [-0.15, -0.1) is 0 Å². The van der Waals surface area contributed by atoms with Crippen LogP contribution in [-0.2, 0) is 36.7 Å². The van der Waals surface area contributed by atoms with Crippen LogP contribution in [0.15, 0.2) is 79.1 Å². The molecule has 3 aliphatic rings. The molecule has 0 saturated carbocycles. The summed E-state index contributed by atoms with van der Waals surface area (Å²) in [6, 6.07) is 14.6. The van der Waals surface area contributed by atoms with Gasteiger partial charge in [0, 0.05) is 57.3 Å². The molecule has 3 aromatic rings. The van der Waals surface area contributed by atoms with E-state index in [0.717, 1.165) is 32.2 Å². The Morgan fingerprint density at radius 1 is 0.725 bits per heavy atom. The Labute approximate surface area is 502 Å². The number of amides is 2. The van der Waals surface area contributed by atoms with Crippen molar-refractivity contribution in [1.82, 2.24) is 39.9 Å². The first-order valence-corrected chi connectivity index (χ1v) is 28.9. The quantitative estimate of drug-likeness (QED) is 0.120. The molecule has 450 valence electrons. The number of carbonyl (C=O) groups excluding carboxylic acids is 4. The number of alkyl halides is 3. The average molecular weight is 1340 g/mol. The molecular formula is C56H84Br3ClF3N9O8. The van der Waals surface area contributed by atoms with E-state index >= 15 is 0 Å². The van der Waals surface area contributed by atoms with Crippen LogP contribution in [0, 0.1) is 5.92 Å². The monoisotopic (exact) mass is 1340 g/mol. The molecule has 3 fully saturated rings. The standard InChI is InChI=1S/C16H20BrFN2O3.C11H12BrFN2O.C10H16FNO4.C8H19N.C6H12ClN.C5H5BrN2/c1-16(2,3)23-15(22)20-9-10(18)7-12(20)13(21)8-11-5-4-6-14(17)19-11;12-11-3-1-2-8(15-11)5-10(16)9-4-7(13)6-14-9;1-10(2,3)16-9(15)12-5-6(11)4-7(12)8(13)14;1-6-8(7(2)3)9(4)5;1-5(2)6(7)8(3)4;6-4-2-1-3-5(7)8-4/h4-6,10,12H,7-9H2,1-3H3;1-3,7,9,14H,4-6H2;6-7H,4-5H2,1-3H3,(H,13,14);7-8H,6H2,1-5H3;1-4H3;1-3H,(H2,7,8)/t10-,12+;7-,9+;6-,7+;;;/m111.../s1. The fourth-order valence-electron chi connectivity index (χ4n) is 8.09. The molecule has 6 heterocycles. The largest absolute Gasteiger partial charge is 0.480 e. The number of carbonyl (C=O) groups is 5. The fraction of sp³-hybridized carbons (Fsp3) is 0.607. The highest BCUT2D eigenvalue weighted by Crippen LogP contribution is 2.26. The van der Waals surface area contributed by atoms with Gasteiger partial charge in [-0.05, 0) is 172 Å². The van der Waals surface area contributed by atoms with Crippen molar-refractivity contribution in [2.45, 2.75) is 169 Å². The first-order chi connectivity index (χ1) is 36.9. The maximum atomic E-state index is 13.8. The molecule has 2 amide bonds. The number of halogens is 7. The second-order valence-electron chi connectivity index (χ2n) is 22.0. The zero-order valence-electron chi connectivity index (χ0n) is 48.8. The molecule has 3 aromatic heterocycles. The third kappa shape index (κ3) is 29.5. The molecule has 80 heavy (non-hydrogen) atoms. The van der Waals surface area contributed by atoms with Crippen molar-refractivity contribution in [3.8, 4) is 0 Å². The lowest BCUT2D eigenvalue weighted by molar-refractivity contribution is -0.142. The Kier molecular flexibility index (Phi) is 32.7. The number of hydrogen-bond acceptors (Lipinski definition) is 14. The number of allylic oxidation sites excluding steroid dienone is 1. The zero-order chi connectivity index (χ0) is 61.4. The molecule has 0 aromatic carbocycles. The van der Waals surface area contributed by atoms with Gasteiger partial charge in [-0.1, -0.05) is 50.6 Å². The topological polar surface area (TPSA) is 214 Å². The van der Waals surface area contributed by atoms with Gasteiger partial charge in [0.05, 0.1) is 38.0 Å². The molecule has 0 radical (unpaired) electrons. The first-order valence-electron chi connectivity index (χ1n) is 26.2. The molecule has 0 aliphatic carbocycles. The van der Waals surface area contributed by atoms with E-state index in [-0.39, 0.29) is 69.3 Å². The van der Waals surface area contributed by atoms with E-state index in [9.17, 15) is 37.1 Å². The average Bonchev–Trinajstić information content (AvgIpc) is 4.07. The lowest BCUT2D eigenvalue weighted by atomic mass is 10.0. The number of nitrogen functional groups attached to an aromatic ring is 1. The van der Waals surface area contributed by atoms with Crippen molar-refractivity contribution in [3.63, 3.8) is 0 Å². The number of ketones is 2. The number of Topliss-reactive ketones (excluding diaryl/α,β-unsaturated/α-hetero) is 2. The van der Waals surface area contributed by atoms with E-state index in [0.29, 0.717) is 26.4 Å². The van der Waals surface area contributed by atoms with Crippen molar-refractivity contribution < 1.29 is 51.7 Å². The third-order valence-electron chi connectivity index (χ3n) is 11.5. The van der Waals surface area contributed by atoms with Crippen LogP contribution in [-0.4, -0.2) is 171 Å². The molecule has 3 saturated heterocycles. The van der Waals surface area contributed by atoms with E-state index in [1.807, 2.05) is 51.0 Å². The Bertz CT molecular complexity index is 2440. The highest BCUT2D eigenvalue weighted by Gasteiger charge is 2.43. The summed E-state index contributed by atoms with van der Waals surface area (Å²) in [4.78, 5) is 77.4. The number of pyridine rings is 3. The summed E-state index contributed by atoms with van der Waals surface area (Å²) in [5, 5.41) is 12.5. The SMILES string of the molecule is CC(C)(C)OC(=O)N1C[C@H](F)C[C@H]1C(=O)Cc1cccc(Br)n1.CC(C)(C)OC(=O)N1C[C@H](F)C[C@H]1C(=O)O.CC(C)=C(Cl)N(C)C.CCC(C(C)C)N(C)C.Nc1cccc(Br)n1.O=C(Cc1cccc(Br)n1)[C@@H]1C[C@@H](F)CN1. The van der Waals surface area contributed by atoms with Crippen molar-refractivity contribution >= 4 is 94.9 Å². The van der Waals surface area contributed by atoms with Crippen LogP contribution in [0.5, 0.6) is 0 Å². The summed E-state index contributed by atoms with van der Waals surface area (Å²) in [6.07, 6.45) is -3.17. The molecule has 0 spiro atoms. The van der Waals surface area contributed by atoms with Crippen LogP contribution in [0.4, 0.5) is 28.6 Å². The summed E-state index contributed by atoms with van der Waals surface area (Å²) in [6.45, 7) is 20.9. The van der Waals surface area contributed by atoms with Gasteiger partial charge in [0.15, 0.2) is 11.6 Å². The van der Waals surface area contributed by atoms with Crippen LogP contribution in [0.25, 0.3) is 0 Å². The van der Waals surface area contributed by atoms with Crippen LogP contribution in [0.2, 0.25) is 0 Å². The van der Waals surface area contributed by atoms with E-state index in [1.54, 1.807) is 77.9 Å². The van der Waals surface area contributed by atoms with Crippen molar-refractivity contribution in [2.75, 3.05) is 53.6 Å². The number of nitrogens with zero attached hydrogens (tertiary/aromatic N) is 7. The number of aliphatic carboxylic acids is 1. The van der Waals surface area contributed by atoms with Crippen molar-refractivity contribution in [3.05, 3.63) is 90.5 Å². The van der Waals surface area contributed by atoms with Gasteiger partial charge in [0.25, 0.3) is 0 Å². The molecule has 6 rings (SSSR count). The fourth-order valence-corrected chi connectivity index (χ4v) is 9.21.